The van der Waals surface area contributed by atoms with Crippen LogP contribution >= 0.6 is 0 Å². The number of nitrogens with zero attached hydrogens (tertiary/aromatic N) is 2. The third-order valence-corrected chi connectivity index (χ3v) is 7.09. The summed E-state index contributed by atoms with van der Waals surface area (Å²) in [5.41, 5.74) is -0.385. The second-order valence-electron chi connectivity index (χ2n) is 9.17. The summed E-state index contributed by atoms with van der Waals surface area (Å²) in [6, 6.07) is 2.74. The zero-order chi connectivity index (χ0) is 26.1. The standard InChI is InChI=1S/C23H34FN3O7S/c1-23(2,3)34-21(29)7-4-17(14-24)16-33-20-6-5-19(15-26-20)35(31,32)27-11-8-18(9-12-27)22(30)25-10-13-28/h5-6,14-15,18,28H,4,7-13,16H2,1-3H3,(H,25,30). The van der Waals surface area contributed by atoms with Crippen LogP contribution in [0, 0.1) is 5.92 Å². The van der Waals surface area contributed by atoms with Gasteiger partial charge in [-0.2, -0.15) is 4.31 Å². The lowest BCUT2D eigenvalue weighted by Crippen LogP contribution is -2.43. The van der Waals surface area contributed by atoms with Crippen molar-refractivity contribution in [2.75, 3.05) is 32.8 Å². The fraction of sp³-hybridized carbons (Fsp3) is 0.609. The Hall–Kier alpha value is -2.57. The van der Waals surface area contributed by atoms with Gasteiger partial charge < -0.3 is 19.9 Å². The normalized spacial score (nSPS) is 16.1. The van der Waals surface area contributed by atoms with Crippen LogP contribution in [-0.2, 0) is 24.3 Å². The fourth-order valence-corrected chi connectivity index (χ4v) is 4.83. The van der Waals surface area contributed by atoms with Crippen LogP contribution in [0.1, 0.15) is 46.5 Å². The van der Waals surface area contributed by atoms with Gasteiger partial charge in [-0.05, 0) is 51.7 Å². The topological polar surface area (TPSA) is 135 Å². The van der Waals surface area contributed by atoms with Crippen LogP contribution in [0.3, 0.4) is 0 Å². The van der Waals surface area contributed by atoms with E-state index in [9.17, 15) is 22.4 Å². The molecule has 1 fully saturated rings. The summed E-state index contributed by atoms with van der Waals surface area (Å²) in [5.74, 6) is -0.818. The number of rotatable bonds is 11. The maximum absolute atomic E-state index is 13.2. The highest BCUT2D eigenvalue weighted by molar-refractivity contribution is 7.89. The van der Waals surface area contributed by atoms with Crippen molar-refractivity contribution in [1.82, 2.24) is 14.6 Å². The van der Waals surface area contributed by atoms with Crippen molar-refractivity contribution in [3.05, 3.63) is 30.2 Å². The maximum atomic E-state index is 13.2. The molecule has 1 aliphatic heterocycles. The van der Waals surface area contributed by atoms with Crippen LogP contribution in [0.25, 0.3) is 0 Å². The van der Waals surface area contributed by atoms with Crippen molar-refractivity contribution < 1.29 is 37.0 Å². The molecule has 1 aromatic rings. The molecule has 2 N–H and O–H groups in total. The van der Waals surface area contributed by atoms with Crippen LogP contribution in [0.2, 0.25) is 0 Å². The van der Waals surface area contributed by atoms with E-state index in [2.05, 4.69) is 10.3 Å². The average molecular weight is 516 g/mol. The minimum Gasteiger partial charge on any atom is -0.473 e. The lowest BCUT2D eigenvalue weighted by atomic mass is 9.97. The third kappa shape index (κ3) is 9.19. The number of piperidine rings is 1. The molecule has 1 aromatic heterocycles. The van der Waals surface area contributed by atoms with E-state index in [1.54, 1.807) is 20.8 Å². The minimum absolute atomic E-state index is 0.000774. The summed E-state index contributed by atoms with van der Waals surface area (Å²) in [7, 11) is -3.79. The largest absolute Gasteiger partial charge is 0.473 e. The van der Waals surface area contributed by atoms with E-state index in [1.165, 1.54) is 22.6 Å². The number of aromatic nitrogens is 1. The number of carbonyl (C=O) groups excluding carboxylic acids is 2. The van der Waals surface area contributed by atoms with E-state index >= 15 is 0 Å². The molecule has 0 bridgehead atoms. The van der Waals surface area contributed by atoms with Gasteiger partial charge in [0.05, 0.1) is 19.1 Å². The first-order chi connectivity index (χ1) is 16.5. The van der Waals surface area contributed by atoms with E-state index in [1.807, 2.05) is 0 Å². The summed E-state index contributed by atoms with van der Waals surface area (Å²) in [6.07, 6.45) is 2.42. The zero-order valence-corrected chi connectivity index (χ0v) is 21.1. The fourth-order valence-electron chi connectivity index (χ4n) is 3.42. The van der Waals surface area contributed by atoms with E-state index < -0.39 is 21.6 Å². The van der Waals surface area contributed by atoms with Gasteiger partial charge in [-0.25, -0.2) is 17.8 Å². The molecule has 1 amide bonds. The highest BCUT2D eigenvalue weighted by Gasteiger charge is 2.32. The summed E-state index contributed by atoms with van der Waals surface area (Å²) in [5, 5.41) is 11.4. The van der Waals surface area contributed by atoms with E-state index in [4.69, 9.17) is 14.6 Å². The Morgan fingerprint density at radius 1 is 1.26 bits per heavy atom. The molecule has 196 valence electrons. The quantitative estimate of drug-likeness (QED) is 0.427. The minimum atomic E-state index is -3.79. The van der Waals surface area contributed by atoms with Gasteiger partial charge in [-0.3, -0.25) is 9.59 Å². The van der Waals surface area contributed by atoms with Gasteiger partial charge in [0.25, 0.3) is 0 Å². The van der Waals surface area contributed by atoms with E-state index in [0.29, 0.717) is 19.2 Å². The van der Waals surface area contributed by atoms with Gasteiger partial charge in [0.15, 0.2) is 0 Å². The second-order valence-corrected chi connectivity index (χ2v) is 11.1. The van der Waals surface area contributed by atoms with Crippen LogP contribution in [0.15, 0.2) is 35.1 Å². The molecule has 35 heavy (non-hydrogen) atoms. The summed E-state index contributed by atoms with van der Waals surface area (Å²) < 4.78 is 50.9. The molecule has 12 heteroatoms. The van der Waals surface area contributed by atoms with Crippen LogP contribution < -0.4 is 10.1 Å². The monoisotopic (exact) mass is 515 g/mol. The molecule has 2 heterocycles. The molecular weight excluding hydrogens is 481 g/mol. The van der Waals surface area contributed by atoms with Gasteiger partial charge in [-0.1, -0.05) is 0 Å². The van der Waals surface area contributed by atoms with Gasteiger partial charge in [0.1, 0.15) is 17.1 Å². The van der Waals surface area contributed by atoms with Crippen molar-refractivity contribution >= 4 is 21.9 Å². The number of ether oxygens (including phenoxy) is 2. The van der Waals surface area contributed by atoms with Crippen LogP contribution in [0.4, 0.5) is 4.39 Å². The predicted molar refractivity (Wildman–Crippen MR) is 126 cm³/mol. The summed E-state index contributed by atoms with van der Waals surface area (Å²) in [4.78, 5) is 27.8. The first-order valence-electron chi connectivity index (χ1n) is 11.4. The number of halogens is 1. The highest BCUT2D eigenvalue weighted by atomic mass is 32.2. The lowest BCUT2D eigenvalue weighted by molar-refractivity contribution is -0.154. The maximum Gasteiger partial charge on any atom is 0.306 e. The lowest BCUT2D eigenvalue weighted by Gasteiger charge is -2.30. The van der Waals surface area contributed by atoms with Crippen molar-refractivity contribution in [2.24, 2.45) is 5.92 Å². The van der Waals surface area contributed by atoms with Gasteiger partial charge >= 0.3 is 5.97 Å². The SMILES string of the molecule is CC(C)(C)OC(=O)CCC(=CF)COc1ccc(S(=O)(=O)N2CCC(C(=O)NCCO)CC2)cn1. The number of nitrogens with one attached hydrogen (secondary N) is 1. The first kappa shape index (κ1) is 28.7. The van der Waals surface area contributed by atoms with Crippen molar-refractivity contribution in [2.45, 2.75) is 57.0 Å². The highest BCUT2D eigenvalue weighted by Crippen LogP contribution is 2.24. The molecular formula is C23H34FN3O7S. The molecule has 0 atom stereocenters. The molecule has 2 rings (SSSR count). The van der Waals surface area contributed by atoms with E-state index in [-0.39, 0.29) is 73.9 Å². The number of aliphatic hydroxyl groups excluding tert-OH is 1. The molecule has 0 unspecified atom stereocenters. The molecule has 0 aromatic carbocycles. The molecule has 1 aliphatic rings. The molecule has 10 nitrogen and oxygen atoms in total. The number of esters is 1. The Kier molecular flexibility index (Phi) is 10.6. The Labute approximate surface area is 205 Å². The second kappa shape index (κ2) is 12.9. The number of carbonyl (C=O) groups is 2. The van der Waals surface area contributed by atoms with Crippen LogP contribution in [-0.4, -0.2) is 73.1 Å². The Morgan fingerprint density at radius 3 is 2.49 bits per heavy atom. The molecule has 1 saturated heterocycles. The average Bonchev–Trinajstić information content (AvgIpc) is 2.82. The number of sulfonamides is 1. The molecule has 0 spiro atoms. The van der Waals surface area contributed by atoms with Gasteiger partial charge in [-0.15, -0.1) is 0 Å². The first-order valence-corrected chi connectivity index (χ1v) is 12.9. The zero-order valence-electron chi connectivity index (χ0n) is 20.3. The predicted octanol–water partition coefficient (Wildman–Crippen LogP) is 1.94. The third-order valence-electron chi connectivity index (χ3n) is 5.21. The molecule has 0 radical (unpaired) electrons. The molecule has 0 saturated carbocycles. The van der Waals surface area contributed by atoms with Gasteiger partial charge in [0.2, 0.25) is 21.8 Å². The number of hydrogen-bond acceptors (Lipinski definition) is 8. The van der Waals surface area contributed by atoms with E-state index in [0.717, 1.165) is 0 Å². The summed E-state index contributed by atoms with van der Waals surface area (Å²) >= 11 is 0. The van der Waals surface area contributed by atoms with Crippen molar-refractivity contribution in [3.8, 4) is 5.88 Å². The summed E-state index contributed by atoms with van der Waals surface area (Å²) in [6.45, 7) is 5.50. The molecule has 0 aliphatic carbocycles. The number of aliphatic hydroxyl groups is 1. The van der Waals surface area contributed by atoms with Gasteiger partial charge in [0, 0.05) is 38.0 Å². The van der Waals surface area contributed by atoms with Crippen LogP contribution in [0.5, 0.6) is 5.88 Å². The number of pyridine rings is 1. The Bertz CT molecular complexity index is 983. The number of hydrogen-bond donors (Lipinski definition) is 2. The Balaban J connectivity index is 1.87. The Morgan fingerprint density at radius 2 is 1.94 bits per heavy atom. The van der Waals surface area contributed by atoms with Crippen molar-refractivity contribution in [3.63, 3.8) is 0 Å². The number of amides is 1. The van der Waals surface area contributed by atoms with Crippen molar-refractivity contribution in [1.29, 1.82) is 0 Å². The smallest absolute Gasteiger partial charge is 0.306 e.